The molecule has 0 unspecified atom stereocenters. The van der Waals surface area contributed by atoms with Crippen molar-refractivity contribution in [3.63, 3.8) is 0 Å². The Morgan fingerprint density at radius 3 is 2.83 bits per heavy atom. The zero-order valence-electron chi connectivity index (χ0n) is 9.76. The smallest absolute Gasteiger partial charge is 0.131 e. The molecule has 0 atom stereocenters. The molecule has 0 saturated heterocycles. The number of rotatable bonds is 1. The van der Waals surface area contributed by atoms with Crippen molar-refractivity contribution >= 4 is 16.6 Å². The number of pyridine rings is 1. The summed E-state index contributed by atoms with van der Waals surface area (Å²) in [5.41, 5.74) is 8.23. The number of nitrogens with zero attached hydrogens (tertiary/aromatic N) is 3. The molecule has 90 valence electrons. The fraction of sp³-hybridized carbons (Fsp3) is 0.0769. The van der Waals surface area contributed by atoms with Crippen molar-refractivity contribution < 1.29 is 4.39 Å². The van der Waals surface area contributed by atoms with Crippen LogP contribution in [-0.4, -0.2) is 14.8 Å². The minimum absolute atomic E-state index is 0.317. The van der Waals surface area contributed by atoms with E-state index in [1.807, 2.05) is 7.05 Å². The quantitative estimate of drug-likeness (QED) is 0.666. The lowest BCUT2D eigenvalue weighted by Crippen LogP contribution is -1.92. The number of aromatic nitrogens is 3. The lowest BCUT2D eigenvalue weighted by molar-refractivity contribution is 0.631. The van der Waals surface area contributed by atoms with Gasteiger partial charge >= 0.3 is 0 Å². The van der Waals surface area contributed by atoms with E-state index in [-0.39, 0.29) is 5.82 Å². The molecular formula is C13H11FN4. The number of halogens is 1. The van der Waals surface area contributed by atoms with Crippen LogP contribution in [0.5, 0.6) is 0 Å². The number of nitrogens with two attached hydrogens (primary N) is 1. The monoisotopic (exact) mass is 242 g/mol. The van der Waals surface area contributed by atoms with E-state index in [0.717, 1.165) is 10.9 Å². The molecule has 2 aromatic heterocycles. The summed E-state index contributed by atoms with van der Waals surface area (Å²) in [6.45, 7) is 0. The molecule has 0 saturated carbocycles. The third-order valence-electron chi connectivity index (χ3n) is 2.96. The van der Waals surface area contributed by atoms with Gasteiger partial charge in [0.1, 0.15) is 5.82 Å². The van der Waals surface area contributed by atoms with E-state index in [9.17, 15) is 4.39 Å². The lowest BCUT2D eigenvalue weighted by atomic mass is 10.0. The summed E-state index contributed by atoms with van der Waals surface area (Å²) in [5, 5.41) is 5.02. The van der Waals surface area contributed by atoms with E-state index in [1.54, 1.807) is 29.3 Å². The number of hydrogen-bond donors (Lipinski definition) is 1. The van der Waals surface area contributed by atoms with Crippen LogP contribution in [0.3, 0.4) is 0 Å². The van der Waals surface area contributed by atoms with Crippen LogP contribution in [0, 0.1) is 5.82 Å². The summed E-state index contributed by atoms with van der Waals surface area (Å²) >= 11 is 0. The van der Waals surface area contributed by atoms with Gasteiger partial charge in [-0.15, -0.1) is 0 Å². The summed E-state index contributed by atoms with van der Waals surface area (Å²) in [5.74, 6) is -0.317. The van der Waals surface area contributed by atoms with Gasteiger partial charge in [-0.3, -0.25) is 9.67 Å². The van der Waals surface area contributed by atoms with Gasteiger partial charge in [-0.05, 0) is 18.2 Å². The highest BCUT2D eigenvalue weighted by Gasteiger charge is 2.11. The highest BCUT2D eigenvalue weighted by Crippen LogP contribution is 2.30. The van der Waals surface area contributed by atoms with Crippen molar-refractivity contribution in [2.75, 3.05) is 5.73 Å². The fourth-order valence-electron chi connectivity index (χ4n) is 2.02. The Balaban J connectivity index is 2.34. The molecule has 0 spiro atoms. The summed E-state index contributed by atoms with van der Waals surface area (Å²) in [4.78, 5) is 4.12. The van der Waals surface area contributed by atoms with Gasteiger partial charge in [0.2, 0.25) is 0 Å². The van der Waals surface area contributed by atoms with E-state index < -0.39 is 0 Å². The zero-order valence-corrected chi connectivity index (χ0v) is 9.76. The third-order valence-corrected chi connectivity index (χ3v) is 2.96. The summed E-state index contributed by atoms with van der Waals surface area (Å²) < 4.78 is 15.6. The van der Waals surface area contributed by atoms with Crippen molar-refractivity contribution in [1.82, 2.24) is 14.8 Å². The molecule has 0 aliphatic rings. The Morgan fingerprint density at radius 1 is 1.17 bits per heavy atom. The van der Waals surface area contributed by atoms with E-state index in [4.69, 9.17) is 5.73 Å². The predicted molar refractivity (Wildman–Crippen MR) is 68.3 cm³/mol. The van der Waals surface area contributed by atoms with Crippen LogP contribution in [0.2, 0.25) is 0 Å². The molecule has 1 aromatic carbocycles. The Morgan fingerprint density at radius 2 is 2.00 bits per heavy atom. The van der Waals surface area contributed by atoms with Gasteiger partial charge in [-0.1, -0.05) is 0 Å². The van der Waals surface area contributed by atoms with Gasteiger partial charge in [0, 0.05) is 35.4 Å². The Labute approximate surface area is 103 Å². The number of hydrogen-bond acceptors (Lipinski definition) is 3. The highest BCUT2D eigenvalue weighted by molar-refractivity contribution is 5.94. The normalized spacial score (nSPS) is 11.0. The molecule has 0 fully saturated rings. The van der Waals surface area contributed by atoms with Gasteiger partial charge < -0.3 is 5.73 Å². The fourth-order valence-corrected chi connectivity index (χ4v) is 2.02. The largest absolute Gasteiger partial charge is 0.399 e. The molecule has 3 rings (SSSR count). The first kappa shape index (κ1) is 10.7. The average Bonchev–Trinajstić information content (AvgIpc) is 2.75. The second-order valence-corrected chi connectivity index (χ2v) is 4.13. The zero-order chi connectivity index (χ0) is 12.7. The molecule has 0 aliphatic heterocycles. The molecule has 0 amide bonds. The Hall–Kier alpha value is -2.43. The minimum atomic E-state index is -0.317. The van der Waals surface area contributed by atoms with Crippen molar-refractivity contribution in [3.8, 4) is 11.1 Å². The summed E-state index contributed by atoms with van der Waals surface area (Å²) in [7, 11) is 1.82. The van der Waals surface area contributed by atoms with Gasteiger partial charge in [0.15, 0.2) is 0 Å². The maximum Gasteiger partial charge on any atom is 0.131 e. The number of benzene rings is 1. The molecule has 2 heterocycles. The Kier molecular flexibility index (Phi) is 2.26. The maximum atomic E-state index is 13.9. The van der Waals surface area contributed by atoms with Crippen molar-refractivity contribution in [2.24, 2.45) is 7.05 Å². The standard InChI is InChI=1S/C13H11FN4/c1-18-13-7-16-5-10(11(13)6-17-18)9-4-8(15)2-3-12(9)14/h2-7H,15H2,1H3. The lowest BCUT2D eigenvalue weighted by Gasteiger charge is -2.05. The van der Waals surface area contributed by atoms with Crippen molar-refractivity contribution in [1.29, 1.82) is 0 Å². The van der Waals surface area contributed by atoms with Crippen LogP contribution in [0.25, 0.3) is 22.0 Å². The minimum Gasteiger partial charge on any atom is -0.399 e. The summed E-state index contributed by atoms with van der Waals surface area (Å²) in [6, 6.07) is 4.51. The van der Waals surface area contributed by atoms with Crippen LogP contribution < -0.4 is 5.73 Å². The van der Waals surface area contributed by atoms with Gasteiger partial charge in [-0.25, -0.2) is 4.39 Å². The van der Waals surface area contributed by atoms with Crippen LogP contribution in [0.15, 0.2) is 36.8 Å². The van der Waals surface area contributed by atoms with E-state index in [0.29, 0.717) is 16.8 Å². The van der Waals surface area contributed by atoms with Gasteiger partial charge in [-0.2, -0.15) is 5.10 Å². The first-order valence-corrected chi connectivity index (χ1v) is 5.48. The SMILES string of the molecule is Cn1ncc2c(-c3cc(N)ccc3F)cncc21. The first-order chi connectivity index (χ1) is 8.66. The molecule has 5 heteroatoms. The van der Waals surface area contributed by atoms with Crippen LogP contribution >= 0.6 is 0 Å². The van der Waals surface area contributed by atoms with E-state index >= 15 is 0 Å². The van der Waals surface area contributed by atoms with E-state index in [2.05, 4.69) is 10.1 Å². The number of nitrogen functional groups attached to an aromatic ring is 1. The number of aryl methyl sites for hydroxylation is 1. The van der Waals surface area contributed by atoms with Crippen LogP contribution in [-0.2, 0) is 7.05 Å². The Bertz CT molecular complexity index is 733. The number of fused-ring (bicyclic) bond motifs is 1. The second kappa shape index (κ2) is 3.80. The molecule has 0 aliphatic carbocycles. The molecule has 18 heavy (non-hydrogen) atoms. The van der Waals surface area contributed by atoms with Crippen LogP contribution in [0.1, 0.15) is 0 Å². The van der Waals surface area contributed by atoms with E-state index in [1.165, 1.54) is 12.1 Å². The summed E-state index contributed by atoms with van der Waals surface area (Å²) in [6.07, 6.45) is 5.03. The van der Waals surface area contributed by atoms with Crippen molar-refractivity contribution in [3.05, 3.63) is 42.6 Å². The van der Waals surface area contributed by atoms with Crippen molar-refractivity contribution in [2.45, 2.75) is 0 Å². The predicted octanol–water partition coefficient (Wildman–Crippen LogP) is 2.36. The number of anilines is 1. The maximum absolute atomic E-state index is 13.9. The third kappa shape index (κ3) is 1.52. The van der Waals surface area contributed by atoms with Crippen LogP contribution in [0.4, 0.5) is 10.1 Å². The molecule has 4 nitrogen and oxygen atoms in total. The molecule has 2 N–H and O–H groups in total. The first-order valence-electron chi connectivity index (χ1n) is 5.48. The molecule has 0 bridgehead atoms. The topological polar surface area (TPSA) is 56.7 Å². The molecule has 0 radical (unpaired) electrons. The average molecular weight is 242 g/mol. The second-order valence-electron chi connectivity index (χ2n) is 4.13. The van der Waals surface area contributed by atoms with Gasteiger partial charge in [0.25, 0.3) is 0 Å². The van der Waals surface area contributed by atoms with Gasteiger partial charge in [0.05, 0.1) is 17.9 Å². The molecule has 3 aromatic rings. The molecular weight excluding hydrogens is 231 g/mol. The highest BCUT2D eigenvalue weighted by atomic mass is 19.1.